The smallest absolute Gasteiger partial charge is 0.407 e. The van der Waals surface area contributed by atoms with E-state index in [0.717, 1.165) is 60.2 Å². The van der Waals surface area contributed by atoms with Gasteiger partial charge in [0.05, 0.1) is 38.7 Å². The van der Waals surface area contributed by atoms with E-state index in [9.17, 15) is 14.7 Å². The number of fused-ring (bicyclic) bond motifs is 1. The first-order valence-electron chi connectivity index (χ1n) is 15.1. The highest BCUT2D eigenvalue weighted by Gasteiger charge is 2.33. The number of pyridine rings is 2. The molecule has 11 heteroatoms. The fourth-order valence-corrected chi connectivity index (χ4v) is 6.05. The van der Waals surface area contributed by atoms with E-state index in [1.54, 1.807) is 24.5 Å². The van der Waals surface area contributed by atoms with Crippen molar-refractivity contribution >= 4 is 63.2 Å². The lowest BCUT2D eigenvalue weighted by molar-refractivity contribution is 0.0499. The molecule has 2 aromatic carbocycles. The van der Waals surface area contributed by atoms with Crippen LogP contribution in [0.5, 0.6) is 5.75 Å². The molecule has 3 heterocycles. The minimum absolute atomic E-state index is 0.00420. The molecule has 2 aliphatic rings. The summed E-state index contributed by atoms with van der Waals surface area (Å²) in [5.41, 5.74) is 3.59. The Labute approximate surface area is 271 Å². The van der Waals surface area contributed by atoms with E-state index in [1.165, 1.54) is 0 Å². The van der Waals surface area contributed by atoms with E-state index in [1.807, 2.05) is 51.1 Å². The first kappa shape index (κ1) is 30.9. The van der Waals surface area contributed by atoms with Crippen LogP contribution in [0.1, 0.15) is 56.8 Å². The van der Waals surface area contributed by atoms with Gasteiger partial charge in [0.25, 0.3) is 0 Å². The lowest BCUT2D eigenvalue weighted by Gasteiger charge is -2.34. The Balaban J connectivity index is 1.27. The number of ketones is 1. The SMILES string of the molecule is CC(C)(C)OC(=O)N[C@H]1CCCN(c2ccc(Nc3c(C(=O)C4CC4)cnc4ccc(-c5cc(Cl)c(O)c(Cl)c5)cc34)cn2)C1. The number of hydrogen-bond donors (Lipinski definition) is 3. The molecule has 1 amide bonds. The molecule has 1 saturated heterocycles. The Morgan fingerprint density at radius 2 is 1.73 bits per heavy atom. The van der Waals surface area contributed by atoms with Gasteiger partial charge >= 0.3 is 6.09 Å². The van der Waals surface area contributed by atoms with Crippen LogP contribution in [-0.2, 0) is 4.74 Å². The topological polar surface area (TPSA) is 117 Å². The molecule has 1 saturated carbocycles. The molecule has 0 radical (unpaired) electrons. The molecule has 0 bridgehead atoms. The summed E-state index contributed by atoms with van der Waals surface area (Å²) < 4.78 is 5.43. The van der Waals surface area contributed by atoms with E-state index in [-0.39, 0.29) is 33.5 Å². The number of phenols is 1. The van der Waals surface area contributed by atoms with E-state index in [0.29, 0.717) is 23.3 Å². The second kappa shape index (κ2) is 12.4. The molecule has 4 aromatic rings. The van der Waals surface area contributed by atoms with E-state index < -0.39 is 11.7 Å². The number of hydrogen-bond acceptors (Lipinski definition) is 8. The van der Waals surface area contributed by atoms with Crippen molar-refractivity contribution < 1.29 is 19.4 Å². The van der Waals surface area contributed by atoms with E-state index >= 15 is 0 Å². The first-order valence-corrected chi connectivity index (χ1v) is 15.8. The fourth-order valence-electron chi connectivity index (χ4n) is 5.56. The number of ether oxygens (including phenoxy) is 1. The molecule has 3 N–H and O–H groups in total. The van der Waals surface area contributed by atoms with Gasteiger partial charge in [0.15, 0.2) is 11.5 Å². The lowest BCUT2D eigenvalue weighted by Crippen LogP contribution is -2.49. The number of anilines is 3. The Morgan fingerprint density at radius 3 is 2.40 bits per heavy atom. The molecule has 6 rings (SSSR count). The number of nitrogens with zero attached hydrogens (tertiary/aromatic N) is 3. The van der Waals surface area contributed by atoms with Crippen LogP contribution in [0.4, 0.5) is 22.0 Å². The maximum Gasteiger partial charge on any atom is 0.407 e. The number of carbonyl (C=O) groups is 2. The molecule has 2 fully saturated rings. The number of piperidine rings is 1. The van der Waals surface area contributed by atoms with Crippen LogP contribution >= 0.6 is 23.2 Å². The van der Waals surface area contributed by atoms with Crippen LogP contribution in [-0.4, -0.2) is 51.7 Å². The maximum absolute atomic E-state index is 13.4. The van der Waals surface area contributed by atoms with Crippen LogP contribution in [0.3, 0.4) is 0 Å². The largest absolute Gasteiger partial charge is 0.505 e. The van der Waals surface area contributed by atoms with Crippen molar-refractivity contribution in [3.8, 4) is 16.9 Å². The summed E-state index contributed by atoms with van der Waals surface area (Å²) in [4.78, 5) is 37.2. The monoisotopic (exact) mass is 647 g/mol. The second-order valence-electron chi connectivity index (χ2n) is 12.7. The van der Waals surface area contributed by atoms with Crippen molar-refractivity contribution in [2.75, 3.05) is 23.3 Å². The summed E-state index contributed by atoms with van der Waals surface area (Å²) in [5, 5.41) is 17.6. The molecule has 9 nitrogen and oxygen atoms in total. The van der Waals surface area contributed by atoms with Crippen molar-refractivity contribution in [3.05, 3.63) is 70.5 Å². The molecule has 45 heavy (non-hydrogen) atoms. The van der Waals surface area contributed by atoms with Crippen LogP contribution in [0.25, 0.3) is 22.0 Å². The maximum atomic E-state index is 13.4. The van der Waals surface area contributed by atoms with Crippen LogP contribution in [0, 0.1) is 5.92 Å². The highest BCUT2D eigenvalue weighted by atomic mass is 35.5. The summed E-state index contributed by atoms with van der Waals surface area (Å²) in [6, 6.07) is 12.9. The van der Waals surface area contributed by atoms with Gasteiger partial charge in [-0.1, -0.05) is 29.3 Å². The average molecular weight is 649 g/mol. The fraction of sp³-hybridized carbons (Fsp3) is 0.353. The Morgan fingerprint density at radius 1 is 0.978 bits per heavy atom. The number of aromatic nitrogens is 2. The number of phenolic OH excluding ortho intramolecular Hbond substituents is 1. The summed E-state index contributed by atoms with van der Waals surface area (Å²) in [6.45, 7) is 7.00. The zero-order chi connectivity index (χ0) is 31.9. The van der Waals surface area contributed by atoms with Crippen molar-refractivity contribution in [2.24, 2.45) is 5.92 Å². The number of alkyl carbamates (subject to hydrolysis) is 1. The van der Waals surface area contributed by atoms with Gasteiger partial charge in [0, 0.05) is 36.6 Å². The van der Waals surface area contributed by atoms with Crippen molar-refractivity contribution in [2.45, 2.75) is 58.1 Å². The molecule has 1 atom stereocenters. The number of carbonyl (C=O) groups excluding carboxylic acids is 2. The number of Topliss-reactive ketones (excluding diaryl/α,β-unsaturated/α-hetero) is 1. The molecule has 2 aromatic heterocycles. The summed E-state index contributed by atoms with van der Waals surface area (Å²) in [6.07, 6.45) is 6.51. The van der Waals surface area contributed by atoms with Crippen molar-refractivity contribution in [3.63, 3.8) is 0 Å². The third kappa shape index (κ3) is 7.10. The van der Waals surface area contributed by atoms with Gasteiger partial charge in [-0.05, 0) is 94.0 Å². The van der Waals surface area contributed by atoms with Gasteiger partial charge in [-0.15, -0.1) is 0 Å². The minimum atomic E-state index is -0.555. The van der Waals surface area contributed by atoms with Gasteiger partial charge in [0.2, 0.25) is 0 Å². The lowest BCUT2D eigenvalue weighted by atomic mass is 9.99. The number of benzene rings is 2. The number of halogens is 2. The predicted molar refractivity (Wildman–Crippen MR) is 178 cm³/mol. The molecule has 1 aliphatic heterocycles. The molecule has 0 unspecified atom stereocenters. The van der Waals surface area contributed by atoms with Gasteiger partial charge in [-0.25, -0.2) is 9.78 Å². The van der Waals surface area contributed by atoms with Crippen LogP contribution in [0.15, 0.2) is 54.9 Å². The zero-order valence-electron chi connectivity index (χ0n) is 25.4. The summed E-state index contributed by atoms with van der Waals surface area (Å²) in [7, 11) is 0. The number of aromatic hydroxyl groups is 1. The second-order valence-corrected chi connectivity index (χ2v) is 13.5. The Kier molecular flexibility index (Phi) is 8.50. The third-order valence-electron chi connectivity index (χ3n) is 7.92. The highest BCUT2D eigenvalue weighted by Crippen LogP contribution is 2.40. The number of rotatable bonds is 7. The molecule has 234 valence electrons. The quantitative estimate of drug-likeness (QED) is 0.172. The van der Waals surface area contributed by atoms with Crippen LogP contribution < -0.4 is 15.5 Å². The predicted octanol–water partition coefficient (Wildman–Crippen LogP) is 8.14. The van der Waals surface area contributed by atoms with Crippen LogP contribution in [0.2, 0.25) is 10.0 Å². The summed E-state index contributed by atoms with van der Waals surface area (Å²) in [5.74, 6) is 0.701. The third-order valence-corrected chi connectivity index (χ3v) is 8.49. The number of nitrogens with one attached hydrogen (secondary N) is 2. The molecular weight excluding hydrogens is 613 g/mol. The Bertz CT molecular complexity index is 1750. The zero-order valence-corrected chi connectivity index (χ0v) is 26.9. The van der Waals surface area contributed by atoms with Crippen molar-refractivity contribution in [1.82, 2.24) is 15.3 Å². The van der Waals surface area contributed by atoms with Gasteiger partial charge in [-0.3, -0.25) is 9.78 Å². The van der Waals surface area contributed by atoms with Gasteiger partial charge in [0.1, 0.15) is 11.4 Å². The van der Waals surface area contributed by atoms with Crippen molar-refractivity contribution in [1.29, 1.82) is 0 Å². The molecule has 0 spiro atoms. The van der Waals surface area contributed by atoms with E-state index in [4.69, 9.17) is 32.9 Å². The summed E-state index contributed by atoms with van der Waals surface area (Å²) >= 11 is 12.4. The molecule has 1 aliphatic carbocycles. The Hall–Kier alpha value is -4.08. The first-order chi connectivity index (χ1) is 21.4. The normalized spacial score (nSPS) is 16.8. The van der Waals surface area contributed by atoms with Gasteiger partial charge < -0.3 is 25.4 Å². The number of amides is 1. The van der Waals surface area contributed by atoms with E-state index in [2.05, 4.69) is 20.5 Å². The minimum Gasteiger partial charge on any atom is -0.505 e. The standard InChI is InChI=1S/C34H35Cl2N5O4/c1-34(2,3)45-33(44)40-23-5-4-12-41(18-23)29-11-9-22(16-38-29)39-30-24-13-20(21-14-26(35)32(43)27(36)15-21)8-10-28(24)37-17-25(30)31(42)19-6-7-19/h8-11,13-17,19,23,43H,4-7,12,18H2,1-3H3,(H,37,39)(H,40,44)/t23-/m0/s1. The average Bonchev–Trinajstić information content (AvgIpc) is 3.85. The molecular formula is C34H35Cl2N5O4. The van der Waals surface area contributed by atoms with Gasteiger partial charge in [-0.2, -0.15) is 0 Å². The highest BCUT2D eigenvalue weighted by molar-refractivity contribution is 6.37.